The predicted octanol–water partition coefficient (Wildman–Crippen LogP) is 2.97. The van der Waals surface area contributed by atoms with Crippen LogP contribution in [0.25, 0.3) is 11.0 Å². The van der Waals surface area contributed by atoms with Crippen LogP contribution in [0.5, 0.6) is 0 Å². The third kappa shape index (κ3) is 2.32. The van der Waals surface area contributed by atoms with E-state index in [1.54, 1.807) is 0 Å². The van der Waals surface area contributed by atoms with Gasteiger partial charge in [-0.1, -0.05) is 0 Å². The van der Waals surface area contributed by atoms with E-state index in [1.165, 1.54) is 6.07 Å². The lowest BCUT2D eigenvalue weighted by Crippen LogP contribution is -2.05. The third-order valence-corrected chi connectivity index (χ3v) is 2.82. The molecular formula is C14H18N2O2. The maximum absolute atomic E-state index is 11.4. The first-order valence-electron chi connectivity index (χ1n) is 6.22. The molecule has 18 heavy (non-hydrogen) atoms. The van der Waals surface area contributed by atoms with Gasteiger partial charge in [0.2, 0.25) is 0 Å². The molecular weight excluding hydrogens is 228 g/mol. The zero-order chi connectivity index (χ0) is 13.1. The molecule has 96 valence electrons. The van der Waals surface area contributed by atoms with Gasteiger partial charge < -0.3 is 15.1 Å². The van der Waals surface area contributed by atoms with Crippen molar-refractivity contribution in [3.63, 3.8) is 0 Å². The van der Waals surface area contributed by atoms with Crippen LogP contribution >= 0.6 is 0 Å². The molecule has 2 N–H and O–H groups in total. The zero-order valence-electron chi connectivity index (χ0n) is 11.0. The summed E-state index contributed by atoms with van der Waals surface area (Å²) in [5, 5.41) is 7.55. The molecule has 4 nitrogen and oxygen atoms in total. The molecule has 0 bridgehead atoms. The molecule has 0 saturated carbocycles. The van der Waals surface area contributed by atoms with Crippen LogP contribution < -0.4 is 16.3 Å². The second-order valence-electron chi connectivity index (χ2n) is 4.20. The molecule has 4 heteroatoms. The van der Waals surface area contributed by atoms with Crippen molar-refractivity contribution >= 4 is 22.3 Å². The molecule has 0 aliphatic carbocycles. The summed E-state index contributed by atoms with van der Waals surface area (Å²) in [4.78, 5) is 11.4. The number of hydrogen-bond acceptors (Lipinski definition) is 4. The summed E-state index contributed by atoms with van der Waals surface area (Å²) in [5.41, 5.74) is 3.24. The first-order valence-corrected chi connectivity index (χ1v) is 6.22. The fourth-order valence-corrected chi connectivity index (χ4v) is 2.04. The number of fused-ring (bicyclic) bond motifs is 1. The Kier molecular flexibility index (Phi) is 3.55. The van der Waals surface area contributed by atoms with Gasteiger partial charge in [-0.2, -0.15) is 0 Å². The van der Waals surface area contributed by atoms with Crippen molar-refractivity contribution in [3.8, 4) is 0 Å². The standard InChI is InChI=1S/C14H18N2O2/c1-4-15-11-7-10-9(3)6-14(17)18-13(10)8-12(11)16-5-2/h6-8,15-16H,4-5H2,1-3H3. The number of hydrogen-bond donors (Lipinski definition) is 2. The minimum Gasteiger partial charge on any atom is -0.423 e. The van der Waals surface area contributed by atoms with E-state index in [0.717, 1.165) is 35.4 Å². The average molecular weight is 246 g/mol. The van der Waals surface area contributed by atoms with Gasteiger partial charge in [-0.05, 0) is 32.4 Å². The van der Waals surface area contributed by atoms with Gasteiger partial charge in [0, 0.05) is 30.6 Å². The van der Waals surface area contributed by atoms with E-state index in [1.807, 2.05) is 26.0 Å². The molecule has 0 atom stereocenters. The molecule has 0 amide bonds. The first-order chi connectivity index (χ1) is 8.65. The number of anilines is 2. The summed E-state index contributed by atoms with van der Waals surface area (Å²) in [6.45, 7) is 7.67. The number of benzene rings is 1. The Balaban J connectivity index is 2.67. The van der Waals surface area contributed by atoms with Gasteiger partial charge in [0.25, 0.3) is 0 Å². The summed E-state index contributed by atoms with van der Waals surface area (Å²) in [5.74, 6) is 0. The lowest BCUT2D eigenvalue weighted by molar-refractivity contribution is 0.560. The molecule has 2 rings (SSSR count). The van der Waals surface area contributed by atoms with E-state index >= 15 is 0 Å². The van der Waals surface area contributed by atoms with Crippen LogP contribution in [0.15, 0.2) is 27.4 Å². The van der Waals surface area contributed by atoms with Crippen molar-refractivity contribution in [2.45, 2.75) is 20.8 Å². The highest BCUT2D eigenvalue weighted by Crippen LogP contribution is 2.29. The fraction of sp³-hybridized carbons (Fsp3) is 0.357. The molecule has 0 spiro atoms. The van der Waals surface area contributed by atoms with Gasteiger partial charge in [-0.3, -0.25) is 0 Å². The first kappa shape index (κ1) is 12.5. The van der Waals surface area contributed by atoms with Gasteiger partial charge in [0.05, 0.1) is 11.4 Å². The molecule has 0 fully saturated rings. The van der Waals surface area contributed by atoms with Crippen LogP contribution in [-0.2, 0) is 0 Å². The zero-order valence-corrected chi connectivity index (χ0v) is 11.0. The Hall–Kier alpha value is -1.97. The van der Waals surface area contributed by atoms with E-state index < -0.39 is 0 Å². The van der Waals surface area contributed by atoms with Crippen LogP contribution in [0.2, 0.25) is 0 Å². The van der Waals surface area contributed by atoms with Crippen molar-refractivity contribution in [3.05, 3.63) is 34.2 Å². The normalized spacial score (nSPS) is 10.6. The van der Waals surface area contributed by atoms with E-state index in [-0.39, 0.29) is 5.63 Å². The lowest BCUT2D eigenvalue weighted by atomic mass is 10.1. The topological polar surface area (TPSA) is 54.3 Å². The molecule has 0 radical (unpaired) electrons. The highest BCUT2D eigenvalue weighted by molar-refractivity contribution is 5.90. The Labute approximate surface area is 106 Å². The quantitative estimate of drug-likeness (QED) is 0.814. The van der Waals surface area contributed by atoms with Crippen molar-refractivity contribution < 1.29 is 4.42 Å². The summed E-state index contributed by atoms with van der Waals surface area (Å²) in [6.07, 6.45) is 0. The maximum atomic E-state index is 11.4. The lowest BCUT2D eigenvalue weighted by Gasteiger charge is -2.13. The van der Waals surface area contributed by atoms with Crippen molar-refractivity contribution in [1.82, 2.24) is 0 Å². The SMILES string of the molecule is CCNc1cc2oc(=O)cc(C)c2cc1NCC. The highest BCUT2D eigenvalue weighted by Gasteiger charge is 2.08. The number of aryl methyl sites for hydroxylation is 1. The maximum Gasteiger partial charge on any atom is 0.336 e. The van der Waals surface area contributed by atoms with Crippen LogP contribution in [0, 0.1) is 6.92 Å². The van der Waals surface area contributed by atoms with Gasteiger partial charge in [-0.15, -0.1) is 0 Å². The van der Waals surface area contributed by atoms with Gasteiger partial charge in [0.1, 0.15) is 5.58 Å². The summed E-state index contributed by atoms with van der Waals surface area (Å²) in [7, 11) is 0. The van der Waals surface area contributed by atoms with Gasteiger partial charge >= 0.3 is 5.63 Å². The number of rotatable bonds is 4. The molecule has 2 aromatic rings. The van der Waals surface area contributed by atoms with Gasteiger partial charge in [0.15, 0.2) is 0 Å². The number of nitrogens with one attached hydrogen (secondary N) is 2. The summed E-state index contributed by atoms with van der Waals surface area (Å²) < 4.78 is 5.24. The fourth-order valence-electron chi connectivity index (χ4n) is 2.04. The molecule has 0 aliphatic heterocycles. The largest absolute Gasteiger partial charge is 0.423 e. The van der Waals surface area contributed by atoms with Crippen LogP contribution in [0.3, 0.4) is 0 Å². The van der Waals surface area contributed by atoms with E-state index in [2.05, 4.69) is 17.6 Å². The summed E-state index contributed by atoms with van der Waals surface area (Å²) >= 11 is 0. The Bertz CT molecular complexity index is 617. The van der Waals surface area contributed by atoms with Gasteiger partial charge in [-0.25, -0.2) is 4.79 Å². The molecule has 0 aliphatic rings. The molecule has 0 unspecified atom stereocenters. The van der Waals surface area contributed by atoms with E-state index in [0.29, 0.717) is 5.58 Å². The Morgan fingerprint density at radius 3 is 2.28 bits per heavy atom. The molecule has 1 heterocycles. The minimum atomic E-state index is -0.307. The second-order valence-corrected chi connectivity index (χ2v) is 4.20. The Morgan fingerprint density at radius 1 is 1.06 bits per heavy atom. The minimum absolute atomic E-state index is 0.307. The van der Waals surface area contributed by atoms with Crippen LogP contribution in [0.4, 0.5) is 11.4 Å². The average Bonchev–Trinajstić information content (AvgIpc) is 2.31. The highest BCUT2D eigenvalue weighted by atomic mass is 16.4. The smallest absolute Gasteiger partial charge is 0.336 e. The van der Waals surface area contributed by atoms with Crippen molar-refractivity contribution in [2.24, 2.45) is 0 Å². The van der Waals surface area contributed by atoms with Crippen molar-refractivity contribution in [1.29, 1.82) is 0 Å². The second kappa shape index (κ2) is 5.12. The third-order valence-electron chi connectivity index (χ3n) is 2.82. The molecule has 1 aromatic heterocycles. The van der Waals surface area contributed by atoms with E-state index in [9.17, 15) is 4.79 Å². The van der Waals surface area contributed by atoms with Crippen molar-refractivity contribution in [2.75, 3.05) is 23.7 Å². The Morgan fingerprint density at radius 2 is 1.67 bits per heavy atom. The van der Waals surface area contributed by atoms with Crippen LogP contribution in [-0.4, -0.2) is 13.1 Å². The summed E-state index contributed by atoms with van der Waals surface area (Å²) in [6, 6.07) is 5.42. The predicted molar refractivity (Wildman–Crippen MR) is 75.5 cm³/mol. The van der Waals surface area contributed by atoms with E-state index in [4.69, 9.17) is 4.42 Å². The van der Waals surface area contributed by atoms with Crippen LogP contribution in [0.1, 0.15) is 19.4 Å². The molecule has 1 aromatic carbocycles. The molecule has 0 saturated heterocycles. The monoisotopic (exact) mass is 246 g/mol.